The first-order valence-corrected chi connectivity index (χ1v) is 11.4. The van der Waals surface area contributed by atoms with Crippen molar-refractivity contribution in [1.82, 2.24) is 15.2 Å². The number of likely N-dealkylation sites (tertiary alicyclic amines) is 1. The molecule has 1 aromatic heterocycles. The van der Waals surface area contributed by atoms with Gasteiger partial charge < -0.3 is 19.9 Å². The highest BCUT2D eigenvalue weighted by atomic mass is 16.5. The predicted molar refractivity (Wildman–Crippen MR) is 114 cm³/mol. The quantitative estimate of drug-likeness (QED) is 0.567. The highest BCUT2D eigenvalue weighted by Crippen LogP contribution is 2.24. The number of aromatic amines is 1. The van der Waals surface area contributed by atoms with Crippen LogP contribution in [-0.2, 0) is 9.53 Å². The number of carbonyl (C=O) groups excluding carboxylic acids is 3. The lowest BCUT2D eigenvalue weighted by Crippen LogP contribution is -2.47. The van der Waals surface area contributed by atoms with Crippen molar-refractivity contribution in [3.8, 4) is 0 Å². The number of hydrogen-bond donors (Lipinski definition) is 2. The predicted octanol–water partition coefficient (Wildman–Crippen LogP) is 3.50. The highest BCUT2D eigenvalue weighted by Gasteiger charge is 2.32. The second-order valence-corrected chi connectivity index (χ2v) is 8.63. The molecule has 0 unspecified atom stereocenters. The summed E-state index contributed by atoms with van der Waals surface area (Å²) in [6, 6.07) is 0.270. The summed E-state index contributed by atoms with van der Waals surface area (Å²) in [5.74, 6) is -0.668. The van der Waals surface area contributed by atoms with Gasteiger partial charge >= 0.3 is 5.97 Å². The van der Waals surface area contributed by atoms with Gasteiger partial charge in [-0.2, -0.15) is 0 Å². The van der Waals surface area contributed by atoms with Crippen molar-refractivity contribution in [2.24, 2.45) is 5.92 Å². The fourth-order valence-corrected chi connectivity index (χ4v) is 4.75. The van der Waals surface area contributed by atoms with Gasteiger partial charge in [-0.15, -0.1) is 0 Å². The third kappa shape index (κ3) is 5.05. The lowest BCUT2D eigenvalue weighted by molar-refractivity contribution is -0.127. The second kappa shape index (κ2) is 10.1. The maximum atomic E-state index is 13.2. The molecule has 7 heteroatoms. The first-order valence-electron chi connectivity index (χ1n) is 11.4. The van der Waals surface area contributed by atoms with Crippen molar-refractivity contribution in [3.63, 3.8) is 0 Å². The van der Waals surface area contributed by atoms with Crippen LogP contribution in [0.5, 0.6) is 0 Å². The standard InChI is InChI=1S/C23H35N3O4/c1-4-30-23(29)19-15(2)20(24-16(19)3)22(28)26-13-9-10-17(14-26)21(27)25-18-11-7-5-6-8-12-18/h17-18,24H,4-14H2,1-3H3,(H,25,27)/t17-/m1/s1. The third-order valence-corrected chi connectivity index (χ3v) is 6.41. The summed E-state index contributed by atoms with van der Waals surface area (Å²) in [7, 11) is 0. The van der Waals surface area contributed by atoms with Gasteiger partial charge in [0.25, 0.3) is 5.91 Å². The van der Waals surface area contributed by atoms with Gasteiger partial charge in [0, 0.05) is 24.8 Å². The largest absolute Gasteiger partial charge is 0.462 e. The first kappa shape index (κ1) is 22.4. The van der Waals surface area contributed by atoms with E-state index in [-0.39, 0.29) is 30.4 Å². The molecule has 1 saturated carbocycles. The summed E-state index contributed by atoms with van der Waals surface area (Å²) in [5, 5.41) is 3.24. The van der Waals surface area contributed by atoms with Crippen LogP contribution in [0.4, 0.5) is 0 Å². The molecule has 1 saturated heterocycles. The van der Waals surface area contributed by atoms with Crippen LogP contribution in [0.25, 0.3) is 0 Å². The van der Waals surface area contributed by atoms with E-state index in [4.69, 9.17) is 4.74 Å². The fourth-order valence-electron chi connectivity index (χ4n) is 4.75. The number of H-pyrrole nitrogens is 1. The molecule has 1 aliphatic heterocycles. The number of aromatic nitrogens is 1. The molecular formula is C23H35N3O4. The molecule has 2 N–H and O–H groups in total. The minimum absolute atomic E-state index is 0.0750. The lowest BCUT2D eigenvalue weighted by Gasteiger charge is -2.33. The van der Waals surface area contributed by atoms with Gasteiger partial charge in [-0.1, -0.05) is 25.7 Å². The third-order valence-electron chi connectivity index (χ3n) is 6.41. The van der Waals surface area contributed by atoms with Crippen LogP contribution in [-0.4, -0.2) is 53.4 Å². The van der Waals surface area contributed by atoms with Crippen molar-refractivity contribution >= 4 is 17.8 Å². The number of rotatable bonds is 5. The Kier molecular flexibility index (Phi) is 7.56. The summed E-state index contributed by atoms with van der Waals surface area (Å²) in [4.78, 5) is 43.1. The highest BCUT2D eigenvalue weighted by molar-refractivity contribution is 6.00. The van der Waals surface area contributed by atoms with E-state index in [0.29, 0.717) is 35.6 Å². The molecule has 0 aromatic carbocycles. The van der Waals surface area contributed by atoms with Crippen LogP contribution >= 0.6 is 0 Å². The molecule has 166 valence electrons. The lowest BCUT2D eigenvalue weighted by atomic mass is 9.95. The molecule has 30 heavy (non-hydrogen) atoms. The normalized spacial score (nSPS) is 20.5. The first-order chi connectivity index (χ1) is 14.4. The van der Waals surface area contributed by atoms with E-state index in [9.17, 15) is 14.4 Å². The SMILES string of the molecule is CCOC(=O)c1c(C)[nH]c(C(=O)N2CCC[C@@H](C(=O)NC3CCCCCC3)C2)c1C. The maximum Gasteiger partial charge on any atom is 0.340 e. The maximum absolute atomic E-state index is 13.2. The summed E-state index contributed by atoms with van der Waals surface area (Å²) in [5.41, 5.74) is 2.09. The Hall–Kier alpha value is -2.31. The topological polar surface area (TPSA) is 91.5 Å². The van der Waals surface area contributed by atoms with Gasteiger partial charge in [0.15, 0.2) is 0 Å². The number of carbonyl (C=O) groups is 3. The van der Waals surface area contributed by atoms with E-state index in [1.165, 1.54) is 25.7 Å². The zero-order valence-electron chi connectivity index (χ0n) is 18.5. The van der Waals surface area contributed by atoms with E-state index < -0.39 is 5.97 Å². The van der Waals surface area contributed by atoms with Crippen molar-refractivity contribution in [2.75, 3.05) is 19.7 Å². The zero-order valence-corrected chi connectivity index (χ0v) is 18.5. The monoisotopic (exact) mass is 417 g/mol. The van der Waals surface area contributed by atoms with E-state index in [1.54, 1.807) is 25.7 Å². The smallest absolute Gasteiger partial charge is 0.340 e. The number of esters is 1. The van der Waals surface area contributed by atoms with Crippen LogP contribution in [0, 0.1) is 19.8 Å². The van der Waals surface area contributed by atoms with E-state index >= 15 is 0 Å². The Morgan fingerprint density at radius 1 is 1.07 bits per heavy atom. The van der Waals surface area contributed by atoms with Gasteiger partial charge in [-0.25, -0.2) is 4.79 Å². The average molecular weight is 418 g/mol. The van der Waals surface area contributed by atoms with E-state index in [0.717, 1.165) is 25.7 Å². The molecule has 2 heterocycles. The number of piperidine rings is 1. The molecule has 0 spiro atoms. The van der Waals surface area contributed by atoms with Crippen molar-refractivity contribution in [1.29, 1.82) is 0 Å². The van der Waals surface area contributed by atoms with Crippen LogP contribution in [0.1, 0.15) is 90.4 Å². The van der Waals surface area contributed by atoms with Gasteiger partial charge in [0.1, 0.15) is 5.69 Å². The molecule has 2 aliphatic rings. The Labute approximate surface area is 178 Å². The second-order valence-electron chi connectivity index (χ2n) is 8.63. The average Bonchev–Trinajstić information content (AvgIpc) is 2.88. The number of aryl methyl sites for hydroxylation is 1. The molecule has 1 atom stereocenters. The molecule has 1 aliphatic carbocycles. The number of ether oxygens (including phenoxy) is 1. The summed E-state index contributed by atoms with van der Waals surface area (Å²) >= 11 is 0. The number of nitrogens with zero attached hydrogens (tertiary/aromatic N) is 1. The van der Waals surface area contributed by atoms with Crippen LogP contribution in [0.2, 0.25) is 0 Å². The van der Waals surface area contributed by atoms with Crippen LogP contribution in [0.3, 0.4) is 0 Å². The van der Waals surface area contributed by atoms with Gasteiger partial charge in [-0.3, -0.25) is 9.59 Å². The molecule has 2 fully saturated rings. The fraction of sp³-hybridized carbons (Fsp3) is 0.696. The Morgan fingerprint density at radius 3 is 2.43 bits per heavy atom. The van der Waals surface area contributed by atoms with Crippen LogP contribution in [0.15, 0.2) is 0 Å². The van der Waals surface area contributed by atoms with Crippen LogP contribution < -0.4 is 5.32 Å². The number of amides is 2. The Morgan fingerprint density at radius 2 is 1.77 bits per heavy atom. The van der Waals surface area contributed by atoms with Gasteiger partial charge in [-0.05, 0) is 52.0 Å². The summed E-state index contributed by atoms with van der Waals surface area (Å²) in [6.07, 6.45) is 8.57. The van der Waals surface area contributed by atoms with Gasteiger partial charge in [0.2, 0.25) is 5.91 Å². The molecule has 1 aromatic rings. The number of hydrogen-bond acceptors (Lipinski definition) is 4. The molecule has 0 bridgehead atoms. The van der Waals surface area contributed by atoms with Crippen molar-refractivity contribution < 1.29 is 19.1 Å². The van der Waals surface area contributed by atoms with E-state index in [2.05, 4.69) is 10.3 Å². The summed E-state index contributed by atoms with van der Waals surface area (Å²) < 4.78 is 5.12. The summed E-state index contributed by atoms with van der Waals surface area (Å²) in [6.45, 7) is 6.63. The Bertz CT molecular complexity index is 778. The number of nitrogens with one attached hydrogen (secondary N) is 2. The molecule has 7 nitrogen and oxygen atoms in total. The zero-order chi connectivity index (χ0) is 21.7. The van der Waals surface area contributed by atoms with Gasteiger partial charge in [0.05, 0.1) is 18.1 Å². The molecular weight excluding hydrogens is 382 g/mol. The van der Waals surface area contributed by atoms with Crippen molar-refractivity contribution in [2.45, 2.75) is 78.2 Å². The molecule has 0 radical (unpaired) electrons. The van der Waals surface area contributed by atoms with Crippen molar-refractivity contribution in [3.05, 3.63) is 22.5 Å². The van der Waals surface area contributed by atoms with E-state index in [1.807, 2.05) is 0 Å². The Balaban J connectivity index is 1.66. The minimum atomic E-state index is -0.415. The minimum Gasteiger partial charge on any atom is -0.462 e. The molecule has 2 amide bonds. The molecule has 3 rings (SSSR count).